The van der Waals surface area contributed by atoms with Gasteiger partial charge < -0.3 is 9.80 Å². The number of hydrogen-bond acceptors (Lipinski definition) is 6. The van der Waals surface area contributed by atoms with Crippen LogP contribution in [0.3, 0.4) is 0 Å². The molecule has 0 N–H and O–H groups in total. The maximum absolute atomic E-state index is 14.9. The van der Waals surface area contributed by atoms with E-state index in [1.54, 1.807) is 23.2 Å². The van der Waals surface area contributed by atoms with Crippen LogP contribution in [0.4, 0.5) is 14.6 Å². The number of anilines is 1. The molecule has 39 heavy (non-hydrogen) atoms. The summed E-state index contributed by atoms with van der Waals surface area (Å²) in [5.74, 6) is -2.14. The summed E-state index contributed by atoms with van der Waals surface area (Å²) >= 11 is 0. The highest BCUT2D eigenvalue weighted by Gasteiger charge is 2.43. The molecule has 1 unspecified atom stereocenters. The number of sulfonamides is 1. The first-order valence-corrected chi connectivity index (χ1v) is 14.9. The fourth-order valence-corrected chi connectivity index (χ4v) is 6.89. The third kappa shape index (κ3) is 5.94. The van der Waals surface area contributed by atoms with Crippen LogP contribution in [0.15, 0.2) is 66.9 Å². The molecule has 0 bridgehead atoms. The lowest BCUT2D eigenvalue weighted by Crippen LogP contribution is -2.47. The number of carbonyl (C=O) groups excluding carboxylic acids is 1. The number of halogens is 2. The van der Waals surface area contributed by atoms with Gasteiger partial charge in [-0.15, -0.1) is 5.10 Å². The van der Waals surface area contributed by atoms with Crippen molar-refractivity contribution in [3.8, 4) is 0 Å². The first-order valence-electron chi connectivity index (χ1n) is 13.0. The summed E-state index contributed by atoms with van der Waals surface area (Å²) in [7, 11) is -3.55. The normalized spacial score (nSPS) is 22.9. The van der Waals surface area contributed by atoms with Crippen LogP contribution in [0.25, 0.3) is 0 Å². The number of amides is 1. The summed E-state index contributed by atoms with van der Waals surface area (Å²) in [6, 6.07) is 16.2. The average Bonchev–Trinajstić information content (AvgIpc) is 3.34. The van der Waals surface area contributed by atoms with Gasteiger partial charge in [0.25, 0.3) is 0 Å². The van der Waals surface area contributed by atoms with Crippen molar-refractivity contribution in [1.29, 1.82) is 0 Å². The monoisotopic (exact) mass is 555 g/mol. The fraction of sp³-hybridized carbons (Fsp3) is 0.393. The molecule has 206 valence electrons. The topological polar surface area (TPSA) is 86.7 Å². The van der Waals surface area contributed by atoms with Crippen molar-refractivity contribution < 1.29 is 22.0 Å². The van der Waals surface area contributed by atoms with Gasteiger partial charge in [0.2, 0.25) is 15.9 Å². The maximum atomic E-state index is 14.9. The van der Waals surface area contributed by atoms with Crippen LogP contribution in [-0.4, -0.2) is 72.7 Å². The van der Waals surface area contributed by atoms with E-state index in [9.17, 15) is 22.0 Å². The van der Waals surface area contributed by atoms with E-state index in [0.717, 1.165) is 11.6 Å². The van der Waals surface area contributed by atoms with Gasteiger partial charge in [-0.2, -0.15) is 9.40 Å². The molecule has 0 saturated carbocycles. The number of benzene rings is 2. The number of rotatable bonds is 5. The molecule has 11 heteroatoms. The van der Waals surface area contributed by atoms with E-state index in [4.69, 9.17) is 0 Å². The Labute approximate surface area is 227 Å². The van der Waals surface area contributed by atoms with Crippen molar-refractivity contribution in [3.05, 3.63) is 89.6 Å². The third-order valence-electron chi connectivity index (χ3n) is 7.65. The van der Waals surface area contributed by atoms with Gasteiger partial charge in [-0.3, -0.25) is 4.79 Å². The molecule has 0 radical (unpaired) electrons. The highest BCUT2D eigenvalue weighted by atomic mass is 32.2. The van der Waals surface area contributed by atoms with Gasteiger partial charge in [-0.25, -0.2) is 17.2 Å². The Bertz CT molecular complexity index is 1410. The Kier molecular flexibility index (Phi) is 7.90. The van der Waals surface area contributed by atoms with Crippen LogP contribution >= 0.6 is 0 Å². The molecule has 3 atom stereocenters. The molecule has 2 aliphatic heterocycles. The lowest BCUT2D eigenvalue weighted by molar-refractivity contribution is -0.135. The fourth-order valence-electron chi connectivity index (χ4n) is 5.79. The van der Waals surface area contributed by atoms with Crippen molar-refractivity contribution in [2.75, 3.05) is 43.9 Å². The predicted molar refractivity (Wildman–Crippen MR) is 143 cm³/mol. The van der Waals surface area contributed by atoms with Gasteiger partial charge in [0.1, 0.15) is 11.6 Å². The van der Waals surface area contributed by atoms with Crippen LogP contribution in [0.1, 0.15) is 35.9 Å². The second-order valence-corrected chi connectivity index (χ2v) is 12.1. The number of hydrogen-bond donors (Lipinski definition) is 0. The molecule has 2 aromatic carbocycles. The molecular weight excluding hydrogens is 524 g/mol. The van der Waals surface area contributed by atoms with E-state index in [2.05, 4.69) is 10.2 Å². The SMILES string of the molecule is CS(=O)(=O)N1CCN(C(=O)[C@@H]2CN(c3cccnn3)C[C@H]2c2ccc(F)cc2F)CCCC1c1ccccc1. The van der Waals surface area contributed by atoms with Crippen molar-refractivity contribution in [3.63, 3.8) is 0 Å². The zero-order valence-corrected chi connectivity index (χ0v) is 22.5. The first kappa shape index (κ1) is 27.1. The van der Waals surface area contributed by atoms with E-state index in [0.29, 0.717) is 31.7 Å². The van der Waals surface area contributed by atoms with E-state index < -0.39 is 33.5 Å². The number of carbonyl (C=O) groups is 1. The summed E-state index contributed by atoms with van der Waals surface area (Å²) < 4.78 is 55.7. The molecule has 2 fully saturated rings. The molecule has 2 saturated heterocycles. The first-order chi connectivity index (χ1) is 18.7. The highest BCUT2D eigenvalue weighted by Crippen LogP contribution is 2.38. The minimum Gasteiger partial charge on any atom is -0.354 e. The van der Waals surface area contributed by atoms with Gasteiger partial charge in [-0.1, -0.05) is 36.4 Å². The Morgan fingerprint density at radius 2 is 1.77 bits per heavy atom. The maximum Gasteiger partial charge on any atom is 0.228 e. The zero-order chi connectivity index (χ0) is 27.6. The molecule has 1 aromatic heterocycles. The smallest absolute Gasteiger partial charge is 0.228 e. The van der Waals surface area contributed by atoms with Gasteiger partial charge in [0.05, 0.1) is 12.2 Å². The number of nitrogens with zero attached hydrogens (tertiary/aromatic N) is 5. The van der Waals surface area contributed by atoms with Gasteiger partial charge >= 0.3 is 0 Å². The van der Waals surface area contributed by atoms with Crippen LogP contribution < -0.4 is 4.90 Å². The summed E-state index contributed by atoms with van der Waals surface area (Å²) in [6.45, 7) is 1.44. The Morgan fingerprint density at radius 3 is 2.46 bits per heavy atom. The van der Waals surface area contributed by atoms with E-state index in [-0.39, 0.29) is 37.1 Å². The molecule has 3 aromatic rings. The van der Waals surface area contributed by atoms with Crippen LogP contribution in [0.5, 0.6) is 0 Å². The second kappa shape index (κ2) is 11.4. The van der Waals surface area contributed by atoms with Crippen molar-refractivity contribution in [2.45, 2.75) is 24.8 Å². The lowest BCUT2D eigenvalue weighted by Gasteiger charge is -2.37. The Balaban J connectivity index is 1.41. The van der Waals surface area contributed by atoms with E-state index in [1.165, 1.54) is 22.7 Å². The molecule has 8 nitrogen and oxygen atoms in total. The largest absolute Gasteiger partial charge is 0.354 e. The molecule has 3 heterocycles. The van der Waals surface area contributed by atoms with E-state index >= 15 is 0 Å². The van der Waals surface area contributed by atoms with Crippen LogP contribution in [-0.2, 0) is 14.8 Å². The highest BCUT2D eigenvalue weighted by molar-refractivity contribution is 7.88. The molecule has 1 amide bonds. The molecule has 2 aliphatic rings. The minimum absolute atomic E-state index is 0.153. The minimum atomic E-state index is -3.55. The lowest BCUT2D eigenvalue weighted by atomic mass is 9.87. The Morgan fingerprint density at radius 1 is 0.974 bits per heavy atom. The van der Waals surface area contributed by atoms with Crippen molar-refractivity contribution in [1.82, 2.24) is 19.4 Å². The summed E-state index contributed by atoms with van der Waals surface area (Å²) in [4.78, 5) is 17.6. The van der Waals surface area contributed by atoms with Crippen LogP contribution in [0.2, 0.25) is 0 Å². The predicted octanol–water partition coefficient (Wildman–Crippen LogP) is 3.60. The van der Waals surface area contributed by atoms with Crippen molar-refractivity contribution >= 4 is 21.7 Å². The van der Waals surface area contributed by atoms with Gasteiger partial charge in [0, 0.05) is 56.9 Å². The molecule has 0 spiro atoms. The zero-order valence-electron chi connectivity index (χ0n) is 21.7. The van der Waals surface area contributed by atoms with Gasteiger partial charge in [-0.05, 0) is 42.2 Å². The number of aromatic nitrogens is 2. The summed E-state index contributed by atoms with van der Waals surface area (Å²) in [5, 5.41) is 8.09. The molecular formula is C28H31F2N5O3S. The second-order valence-electron chi connectivity index (χ2n) is 10.1. The van der Waals surface area contributed by atoms with E-state index in [1.807, 2.05) is 35.2 Å². The molecule has 5 rings (SSSR count). The summed E-state index contributed by atoms with van der Waals surface area (Å²) in [6.07, 6.45) is 3.91. The quantitative estimate of drug-likeness (QED) is 0.478. The molecule has 0 aliphatic carbocycles. The van der Waals surface area contributed by atoms with Crippen LogP contribution in [0, 0.1) is 17.6 Å². The Hall–Kier alpha value is -3.44. The third-order valence-corrected chi connectivity index (χ3v) is 8.94. The standard InChI is InChI=1S/C28H31F2N5O3S/c1-39(37,38)35-16-15-33(14-6-9-26(35)20-7-3-2-4-8-20)28(36)24-19-34(27-10-5-13-31-32-27)18-23(24)22-12-11-21(29)17-25(22)30/h2-5,7-8,10-13,17,23-24,26H,6,9,14-16,18-19H2,1H3/t23-,24+,26?/m0/s1. The van der Waals surface area contributed by atoms with Gasteiger partial charge in [0.15, 0.2) is 5.82 Å². The van der Waals surface area contributed by atoms with Crippen molar-refractivity contribution in [2.24, 2.45) is 5.92 Å². The summed E-state index contributed by atoms with van der Waals surface area (Å²) in [5.41, 5.74) is 1.19. The average molecular weight is 556 g/mol.